The first-order valence-electron chi connectivity index (χ1n) is 10.2. The van der Waals surface area contributed by atoms with Crippen LogP contribution >= 0.6 is 0 Å². The van der Waals surface area contributed by atoms with Gasteiger partial charge in [-0.2, -0.15) is 5.10 Å². The minimum atomic E-state index is -0.351. The van der Waals surface area contributed by atoms with E-state index in [0.717, 1.165) is 30.2 Å². The fourth-order valence-electron chi connectivity index (χ4n) is 3.57. The van der Waals surface area contributed by atoms with Crippen molar-refractivity contribution in [1.29, 1.82) is 0 Å². The molecule has 0 aliphatic rings. The average Bonchev–Trinajstić information content (AvgIpc) is 3.38. The average molecular weight is 420 g/mol. The highest BCUT2D eigenvalue weighted by molar-refractivity contribution is 5.65. The SMILES string of the molecule is COc1ccc(-c2nn(-c3ccccc3)cc2CN(C)CCn2ccnc2C)c(F)c1. The predicted octanol–water partition coefficient (Wildman–Crippen LogP) is 4.32. The second kappa shape index (κ2) is 9.14. The van der Waals surface area contributed by atoms with Crippen molar-refractivity contribution in [2.75, 3.05) is 20.7 Å². The Balaban J connectivity index is 1.63. The molecule has 0 fully saturated rings. The molecule has 0 N–H and O–H groups in total. The maximum atomic E-state index is 14.9. The molecule has 7 heteroatoms. The largest absolute Gasteiger partial charge is 0.497 e. The molecule has 0 bridgehead atoms. The summed E-state index contributed by atoms with van der Waals surface area (Å²) in [5, 5.41) is 4.74. The summed E-state index contributed by atoms with van der Waals surface area (Å²) in [6, 6.07) is 14.7. The summed E-state index contributed by atoms with van der Waals surface area (Å²) in [7, 11) is 3.58. The van der Waals surface area contributed by atoms with Gasteiger partial charge in [-0.25, -0.2) is 14.1 Å². The van der Waals surface area contributed by atoms with E-state index in [1.165, 1.54) is 13.2 Å². The summed E-state index contributed by atoms with van der Waals surface area (Å²) in [5.41, 5.74) is 2.98. The molecule has 6 nitrogen and oxygen atoms in total. The number of aromatic nitrogens is 4. The lowest BCUT2D eigenvalue weighted by Crippen LogP contribution is -2.23. The lowest BCUT2D eigenvalue weighted by Gasteiger charge is -2.17. The Morgan fingerprint density at radius 2 is 1.94 bits per heavy atom. The van der Waals surface area contributed by atoms with Gasteiger partial charge in [0.05, 0.1) is 12.8 Å². The first kappa shape index (κ1) is 20.8. The summed E-state index contributed by atoms with van der Waals surface area (Å²) in [6.45, 7) is 4.30. The molecule has 2 aromatic heterocycles. The lowest BCUT2D eigenvalue weighted by atomic mass is 10.1. The number of ether oxygens (including phenoxy) is 1. The van der Waals surface area contributed by atoms with Crippen molar-refractivity contribution in [2.24, 2.45) is 0 Å². The van der Waals surface area contributed by atoms with E-state index < -0.39 is 0 Å². The zero-order valence-electron chi connectivity index (χ0n) is 18.0. The van der Waals surface area contributed by atoms with Crippen molar-refractivity contribution < 1.29 is 9.13 Å². The van der Waals surface area contributed by atoms with E-state index in [1.54, 1.807) is 12.1 Å². The Kier molecular flexibility index (Phi) is 6.13. The van der Waals surface area contributed by atoms with Crippen LogP contribution in [0.5, 0.6) is 5.75 Å². The van der Waals surface area contributed by atoms with Crippen LogP contribution in [0.25, 0.3) is 16.9 Å². The van der Waals surface area contributed by atoms with Crippen LogP contribution in [0.3, 0.4) is 0 Å². The fourth-order valence-corrected chi connectivity index (χ4v) is 3.57. The van der Waals surface area contributed by atoms with Gasteiger partial charge in [0, 0.05) is 55.4 Å². The molecule has 0 radical (unpaired) electrons. The fraction of sp³-hybridized carbons (Fsp3) is 0.250. The Labute approximate surface area is 181 Å². The number of methoxy groups -OCH3 is 1. The Morgan fingerprint density at radius 3 is 2.61 bits per heavy atom. The molecule has 0 unspecified atom stereocenters. The second-order valence-corrected chi connectivity index (χ2v) is 7.53. The van der Waals surface area contributed by atoms with E-state index in [9.17, 15) is 4.39 Å². The molecule has 0 aliphatic carbocycles. The van der Waals surface area contributed by atoms with Crippen molar-refractivity contribution >= 4 is 0 Å². The maximum absolute atomic E-state index is 14.9. The van der Waals surface area contributed by atoms with Crippen LogP contribution in [0.2, 0.25) is 0 Å². The molecule has 31 heavy (non-hydrogen) atoms. The standard InChI is InChI=1S/C24H26FN5O/c1-18-26-11-12-29(18)14-13-28(2)16-19-17-30(20-7-5-4-6-8-20)27-24(19)22-10-9-21(31-3)15-23(22)25/h4-12,15,17H,13-14,16H2,1-3H3. The number of para-hydroxylation sites is 1. The van der Waals surface area contributed by atoms with Crippen LogP contribution in [0.4, 0.5) is 4.39 Å². The van der Waals surface area contributed by atoms with Gasteiger partial charge in [0.1, 0.15) is 23.1 Å². The molecule has 0 amide bonds. The molecular weight excluding hydrogens is 393 g/mol. The molecule has 0 saturated carbocycles. The van der Waals surface area contributed by atoms with Gasteiger partial charge in [-0.3, -0.25) is 0 Å². The second-order valence-electron chi connectivity index (χ2n) is 7.53. The highest BCUT2D eigenvalue weighted by atomic mass is 19.1. The molecule has 0 aliphatic heterocycles. The van der Waals surface area contributed by atoms with E-state index in [1.807, 2.05) is 60.5 Å². The number of likely N-dealkylation sites (N-methyl/N-ethyl adjacent to an activating group) is 1. The number of hydrogen-bond donors (Lipinski definition) is 0. The number of nitrogens with zero attached hydrogens (tertiary/aromatic N) is 5. The van der Waals surface area contributed by atoms with E-state index >= 15 is 0 Å². The molecule has 0 saturated heterocycles. The highest BCUT2D eigenvalue weighted by Gasteiger charge is 2.18. The van der Waals surface area contributed by atoms with Gasteiger partial charge >= 0.3 is 0 Å². The highest BCUT2D eigenvalue weighted by Crippen LogP contribution is 2.29. The topological polar surface area (TPSA) is 48.1 Å². The molecule has 0 spiro atoms. The van der Waals surface area contributed by atoms with Gasteiger partial charge in [-0.05, 0) is 38.2 Å². The number of halogens is 1. The predicted molar refractivity (Wildman–Crippen MR) is 119 cm³/mol. The molecular formula is C24H26FN5O. The number of aryl methyl sites for hydroxylation is 1. The van der Waals surface area contributed by atoms with Gasteiger partial charge in [0.25, 0.3) is 0 Å². The zero-order valence-corrected chi connectivity index (χ0v) is 18.0. The monoisotopic (exact) mass is 419 g/mol. The van der Waals surface area contributed by atoms with Gasteiger partial charge in [-0.15, -0.1) is 0 Å². The molecule has 4 rings (SSSR count). The van der Waals surface area contributed by atoms with E-state index in [2.05, 4.69) is 21.5 Å². The zero-order chi connectivity index (χ0) is 21.8. The van der Waals surface area contributed by atoms with Gasteiger partial charge < -0.3 is 14.2 Å². The van der Waals surface area contributed by atoms with Crippen LogP contribution in [0.1, 0.15) is 11.4 Å². The summed E-state index contributed by atoms with van der Waals surface area (Å²) in [6.07, 6.45) is 5.77. The van der Waals surface area contributed by atoms with Gasteiger partial charge in [0.15, 0.2) is 0 Å². The minimum absolute atomic E-state index is 0.351. The summed E-state index contributed by atoms with van der Waals surface area (Å²) in [4.78, 5) is 6.48. The van der Waals surface area contributed by atoms with Gasteiger partial charge in [0.2, 0.25) is 0 Å². The van der Waals surface area contributed by atoms with Crippen molar-refractivity contribution in [1.82, 2.24) is 24.2 Å². The third-order valence-electron chi connectivity index (χ3n) is 5.33. The first-order valence-corrected chi connectivity index (χ1v) is 10.2. The van der Waals surface area contributed by atoms with Crippen LogP contribution in [0.15, 0.2) is 67.1 Å². The molecule has 2 heterocycles. The quantitative estimate of drug-likeness (QED) is 0.427. The molecule has 4 aromatic rings. The number of imidazole rings is 1. The molecule has 0 atom stereocenters. The van der Waals surface area contributed by atoms with Crippen molar-refractivity contribution in [3.63, 3.8) is 0 Å². The normalized spacial score (nSPS) is 11.3. The van der Waals surface area contributed by atoms with Crippen LogP contribution in [0, 0.1) is 12.7 Å². The Morgan fingerprint density at radius 1 is 1.13 bits per heavy atom. The number of hydrogen-bond acceptors (Lipinski definition) is 4. The lowest BCUT2D eigenvalue weighted by molar-refractivity contribution is 0.310. The summed E-state index contributed by atoms with van der Waals surface area (Å²) in [5.74, 6) is 1.13. The number of benzene rings is 2. The van der Waals surface area contributed by atoms with Crippen molar-refractivity contribution in [2.45, 2.75) is 20.0 Å². The Bertz CT molecular complexity index is 1150. The third kappa shape index (κ3) is 4.67. The first-order chi connectivity index (χ1) is 15.0. The summed E-state index contributed by atoms with van der Waals surface area (Å²) >= 11 is 0. The Hall–Kier alpha value is -3.45. The smallest absolute Gasteiger partial charge is 0.136 e. The van der Waals surface area contributed by atoms with Crippen LogP contribution in [-0.4, -0.2) is 44.9 Å². The molecule has 2 aromatic carbocycles. The third-order valence-corrected chi connectivity index (χ3v) is 5.33. The van der Waals surface area contributed by atoms with E-state index in [0.29, 0.717) is 23.6 Å². The van der Waals surface area contributed by atoms with E-state index in [4.69, 9.17) is 9.84 Å². The maximum Gasteiger partial charge on any atom is 0.136 e. The summed E-state index contributed by atoms with van der Waals surface area (Å²) < 4.78 is 24.0. The molecule has 160 valence electrons. The number of rotatable bonds is 8. The van der Waals surface area contributed by atoms with Crippen LogP contribution < -0.4 is 4.74 Å². The van der Waals surface area contributed by atoms with E-state index in [-0.39, 0.29) is 5.82 Å². The van der Waals surface area contributed by atoms with Crippen molar-refractivity contribution in [3.05, 3.63) is 84.3 Å². The minimum Gasteiger partial charge on any atom is -0.497 e. The van der Waals surface area contributed by atoms with Gasteiger partial charge in [-0.1, -0.05) is 18.2 Å². The van der Waals surface area contributed by atoms with Crippen LogP contribution in [-0.2, 0) is 13.1 Å². The van der Waals surface area contributed by atoms with Crippen molar-refractivity contribution in [3.8, 4) is 22.7 Å².